The Labute approximate surface area is 291 Å². The number of hydrogen-bond donors (Lipinski definition) is 2. The van der Waals surface area contributed by atoms with Crippen molar-refractivity contribution in [2.45, 2.75) is 77.6 Å². The predicted molar refractivity (Wildman–Crippen MR) is 187 cm³/mol. The van der Waals surface area contributed by atoms with Crippen LogP contribution >= 0.6 is 15.9 Å². The molecule has 1 fully saturated rings. The van der Waals surface area contributed by atoms with Gasteiger partial charge in [-0.05, 0) is 70.9 Å². The number of carbonyl (C=O) groups excluding carboxylic acids is 1. The highest BCUT2D eigenvalue weighted by molar-refractivity contribution is 9.10. The van der Waals surface area contributed by atoms with E-state index in [0.29, 0.717) is 10.0 Å². The number of alkyl halides is 1. The fourth-order valence-electron chi connectivity index (χ4n) is 5.46. The van der Waals surface area contributed by atoms with Crippen LogP contribution in [0, 0.1) is 12.7 Å². The molecule has 0 unspecified atom stereocenters. The summed E-state index contributed by atoms with van der Waals surface area (Å²) in [6, 6.07) is 8.03. The molecule has 2 aromatic carbocycles. The number of carbonyl (C=O) groups is 1. The molecule has 0 radical (unpaired) electrons. The second-order valence-corrected chi connectivity index (χ2v) is 15.9. The maximum atomic E-state index is 15.3. The van der Waals surface area contributed by atoms with E-state index < -0.39 is 51.3 Å². The van der Waals surface area contributed by atoms with Crippen molar-refractivity contribution in [1.29, 1.82) is 0 Å². The van der Waals surface area contributed by atoms with E-state index in [1.807, 2.05) is 6.92 Å². The fraction of sp³-hybridized carbons (Fsp3) is 0.424. The van der Waals surface area contributed by atoms with Crippen molar-refractivity contribution in [2.24, 2.45) is 0 Å². The number of nitrogens with zero attached hydrogens (tertiary/aromatic N) is 5. The van der Waals surface area contributed by atoms with Crippen LogP contribution in [0.3, 0.4) is 0 Å². The largest absolute Gasteiger partial charge is 0.444 e. The van der Waals surface area contributed by atoms with E-state index in [9.17, 15) is 22.4 Å². The number of anilines is 2. The van der Waals surface area contributed by atoms with Gasteiger partial charge in [0, 0.05) is 35.1 Å². The zero-order valence-corrected chi connectivity index (χ0v) is 30.3. The van der Waals surface area contributed by atoms with Crippen LogP contribution in [-0.2, 0) is 20.5 Å². The van der Waals surface area contributed by atoms with Crippen LogP contribution in [0.25, 0.3) is 22.4 Å². The van der Waals surface area contributed by atoms with Crippen molar-refractivity contribution in [1.82, 2.24) is 24.4 Å². The van der Waals surface area contributed by atoms with Gasteiger partial charge in [-0.2, -0.15) is 4.98 Å². The van der Waals surface area contributed by atoms with Gasteiger partial charge < -0.3 is 15.0 Å². The fourth-order valence-corrected chi connectivity index (χ4v) is 7.51. The third-order valence-corrected chi connectivity index (χ3v) is 9.55. The molecule has 4 aromatic rings. The summed E-state index contributed by atoms with van der Waals surface area (Å²) in [6.45, 7) is 10.7. The van der Waals surface area contributed by atoms with Gasteiger partial charge in [-0.3, -0.25) is 14.1 Å². The number of rotatable bonds is 8. The van der Waals surface area contributed by atoms with Crippen LogP contribution in [0.5, 0.6) is 0 Å². The molecule has 0 bridgehead atoms. The lowest BCUT2D eigenvalue weighted by Crippen LogP contribution is -2.51. The number of fused-ring (bicyclic) bond motifs is 1. The Morgan fingerprint density at radius 3 is 2.53 bits per heavy atom. The van der Waals surface area contributed by atoms with Crippen molar-refractivity contribution in [2.75, 3.05) is 23.1 Å². The summed E-state index contributed by atoms with van der Waals surface area (Å²) in [7, 11) is -3.98. The molecule has 5 rings (SSSR count). The molecule has 1 saturated heterocycles. The van der Waals surface area contributed by atoms with E-state index in [4.69, 9.17) is 4.74 Å². The number of nitrogens with one attached hydrogen (secondary N) is 2. The number of amides is 1. The van der Waals surface area contributed by atoms with E-state index in [-0.39, 0.29) is 59.3 Å². The lowest BCUT2D eigenvalue weighted by molar-refractivity contribution is 0.0124. The molecule has 262 valence electrons. The first-order valence-corrected chi connectivity index (χ1v) is 18.1. The van der Waals surface area contributed by atoms with Gasteiger partial charge in [-0.1, -0.05) is 34.1 Å². The Kier molecular flexibility index (Phi) is 10.3. The van der Waals surface area contributed by atoms with Gasteiger partial charge >= 0.3 is 6.09 Å². The third-order valence-electron chi connectivity index (χ3n) is 7.59. The number of aromatic nitrogens is 4. The van der Waals surface area contributed by atoms with E-state index in [0.717, 1.165) is 11.6 Å². The number of sulfonamides is 1. The van der Waals surface area contributed by atoms with Crippen LogP contribution in [0.1, 0.15) is 58.2 Å². The first-order chi connectivity index (χ1) is 22.9. The summed E-state index contributed by atoms with van der Waals surface area (Å²) >= 11 is 3.37. The first-order valence-electron chi connectivity index (χ1n) is 15.6. The highest BCUT2D eigenvalue weighted by Crippen LogP contribution is 2.27. The maximum Gasteiger partial charge on any atom is 0.410 e. The molecule has 49 heavy (non-hydrogen) atoms. The Hall–Kier alpha value is -4.18. The lowest BCUT2D eigenvalue weighted by atomic mass is 10.0. The average molecular weight is 763 g/mol. The minimum Gasteiger partial charge on any atom is -0.444 e. The number of hydrogen-bond acceptors (Lipinski definition) is 9. The van der Waals surface area contributed by atoms with E-state index in [1.54, 1.807) is 52.8 Å². The van der Waals surface area contributed by atoms with Crippen molar-refractivity contribution in [3.63, 3.8) is 0 Å². The molecule has 1 amide bonds. The minimum absolute atomic E-state index is 0.0806. The third kappa shape index (κ3) is 8.71. The molecule has 2 N–H and O–H groups in total. The van der Waals surface area contributed by atoms with Crippen LogP contribution in [0.4, 0.5) is 25.2 Å². The van der Waals surface area contributed by atoms with E-state index in [1.165, 1.54) is 27.8 Å². The summed E-state index contributed by atoms with van der Waals surface area (Å²) in [5, 5.41) is 3.07. The standard InChI is InChI=1S/C33H38BrF2N7O5S/c1-18(2)43-29-27(14-37-31(40-29)38-23-13-22(35)15-42(16-23)32(45)48-33(4,5)6)39-28(30(43)44)20-9-10-26(25(36)12-20)41-49(46,47)17-21-8-7-19(3)11-24(21)34/h7-12,14,18,22-23,41H,13,15-17H2,1-6H3,(H,37,38,40)/t22-,23-/m0/s1. The number of halogens is 3. The molecular formula is C33H38BrF2N7O5S. The van der Waals surface area contributed by atoms with Crippen molar-refractivity contribution < 1.29 is 26.7 Å². The summed E-state index contributed by atoms with van der Waals surface area (Å²) < 4.78 is 65.5. The summed E-state index contributed by atoms with van der Waals surface area (Å²) in [5.41, 5.74) is 0.387. The zero-order valence-electron chi connectivity index (χ0n) is 27.9. The number of likely N-dealkylation sites (tertiary alicyclic amines) is 1. The van der Waals surface area contributed by atoms with E-state index >= 15 is 4.39 Å². The van der Waals surface area contributed by atoms with Crippen LogP contribution in [0.15, 0.2) is 51.9 Å². The average Bonchev–Trinajstić information content (AvgIpc) is 2.98. The number of aryl methyl sites for hydroxylation is 1. The lowest BCUT2D eigenvalue weighted by Gasteiger charge is -2.36. The van der Waals surface area contributed by atoms with Gasteiger partial charge in [0.05, 0.1) is 24.2 Å². The van der Waals surface area contributed by atoms with Gasteiger partial charge in [0.25, 0.3) is 5.56 Å². The Morgan fingerprint density at radius 2 is 1.88 bits per heavy atom. The summed E-state index contributed by atoms with van der Waals surface area (Å²) in [4.78, 5) is 41.0. The smallest absolute Gasteiger partial charge is 0.410 e. The first kappa shape index (κ1) is 36.1. The summed E-state index contributed by atoms with van der Waals surface area (Å²) in [6.07, 6.45) is -0.412. The van der Waals surface area contributed by atoms with Gasteiger partial charge in [0.1, 0.15) is 28.8 Å². The SMILES string of the molecule is Cc1ccc(CS(=O)(=O)Nc2ccc(-c3nc4cnc(N[C@H]5C[C@H](F)CN(C(=O)OC(C)(C)C)C5)nc4n(C(C)C)c3=O)cc2F)c(Br)c1. The molecule has 0 aliphatic carbocycles. The molecule has 2 atom stereocenters. The quantitative estimate of drug-likeness (QED) is 0.210. The van der Waals surface area contributed by atoms with Crippen LogP contribution < -0.4 is 15.6 Å². The Bertz CT molecular complexity index is 2070. The monoisotopic (exact) mass is 761 g/mol. The zero-order chi connectivity index (χ0) is 35.8. The molecule has 2 aromatic heterocycles. The Balaban J connectivity index is 1.40. The van der Waals surface area contributed by atoms with E-state index in [2.05, 4.69) is 40.9 Å². The van der Waals surface area contributed by atoms with Gasteiger partial charge in [-0.15, -0.1) is 0 Å². The van der Waals surface area contributed by atoms with Gasteiger partial charge in [0.2, 0.25) is 16.0 Å². The maximum absolute atomic E-state index is 15.3. The topological polar surface area (TPSA) is 148 Å². The van der Waals surface area contributed by atoms with Crippen molar-refractivity contribution in [3.05, 3.63) is 74.4 Å². The molecular weight excluding hydrogens is 724 g/mol. The number of benzene rings is 2. The number of ether oxygens (including phenoxy) is 1. The molecule has 0 saturated carbocycles. The molecule has 16 heteroatoms. The van der Waals surface area contributed by atoms with Gasteiger partial charge in [0.15, 0.2) is 5.65 Å². The summed E-state index contributed by atoms with van der Waals surface area (Å²) in [5.74, 6) is -1.16. The number of piperidine rings is 1. The van der Waals surface area contributed by atoms with Crippen molar-refractivity contribution in [3.8, 4) is 11.3 Å². The highest BCUT2D eigenvalue weighted by Gasteiger charge is 2.33. The van der Waals surface area contributed by atoms with Crippen molar-refractivity contribution >= 4 is 54.8 Å². The molecule has 0 spiro atoms. The highest BCUT2D eigenvalue weighted by atomic mass is 79.9. The minimum atomic E-state index is -3.98. The molecule has 1 aliphatic heterocycles. The predicted octanol–water partition coefficient (Wildman–Crippen LogP) is 6.35. The normalized spacial score (nSPS) is 17.0. The Morgan fingerprint density at radius 1 is 1.14 bits per heavy atom. The molecule has 12 nitrogen and oxygen atoms in total. The second-order valence-electron chi connectivity index (χ2n) is 13.3. The van der Waals surface area contributed by atoms with Crippen LogP contribution in [-0.4, -0.2) is 69.8 Å². The second kappa shape index (κ2) is 14.0. The van der Waals surface area contributed by atoms with Gasteiger partial charge in [-0.25, -0.2) is 32.0 Å². The molecule has 3 heterocycles. The molecule has 1 aliphatic rings. The van der Waals surface area contributed by atoms with Crippen LogP contribution in [0.2, 0.25) is 0 Å².